The molecule has 3 nitrogen and oxygen atoms in total. The minimum Gasteiger partial charge on any atom is -0.323 e. The highest BCUT2D eigenvalue weighted by Crippen LogP contribution is 2.28. The van der Waals surface area contributed by atoms with Gasteiger partial charge < -0.3 is 4.90 Å². The van der Waals surface area contributed by atoms with Crippen molar-refractivity contribution < 1.29 is 4.79 Å². The summed E-state index contributed by atoms with van der Waals surface area (Å²) in [5.41, 5.74) is 0.452. The van der Waals surface area contributed by atoms with E-state index in [2.05, 4.69) is 22.0 Å². The van der Waals surface area contributed by atoms with E-state index in [9.17, 15) is 4.79 Å². The fourth-order valence-corrected chi connectivity index (χ4v) is 2.71. The van der Waals surface area contributed by atoms with E-state index in [4.69, 9.17) is 16.9 Å². The van der Waals surface area contributed by atoms with Crippen LogP contribution in [0, 0.1) is 11.3 Å². The van der Waals surface area contributed by atoms with Gasteiger partial charge in [0, 0.05) is 11.0 Å². The Labute approximate surface area is 119 Å². The van der Waals surface area contributed by atoms with Crippen LogP contribution in [0.25, 0.3) is 0 Å². The van der Waals surface area contributed by atoms with Gasteiger partial charge in [-0.1, -0.05) is 17.7 Å². The van der Waals surface area contributed by atoms with E-state index >= 15 is 0 Å². The van der Waals surface area contributed by atoms with Crippen LogP contribution in [-0.4, -0.2) is 23.4 Å². The summed E-state index contributed by atoms with van der Waals surface area (Å²) in [6.07, 6.45) is 2.68. The van der Waals surface area contributed by atoms with E-state index < -0.39 is 0 Å². The number of nitriles is 1. The molecule has 1 amide bonds. The third-order valence-electron chi connectivity index (χ3n) is 3.09. The second kappa shape index (κ2) is 5.73. The number of rotatable bonds is 1. The molecule has 1 unspecified atom stereocenters. The summed E-state index contributed by atoms with van der Waals surface area (Å²) < 4.78 is 0.695. The first kappa shape index (κ1) is 13.4. The van der Waals surface area contributed by atoms with E-state index in [1.54, 1.807) is 23.1 Å². The summed E-state index contributed by atoms with van der Waals surface area (Å²) in [5.74, 6) is -0.160. The molecule has 2 rings (SSSR count). The van der Waals surface area contributed by atoms with Crippen LogP contribution in [0.5, 0.6) is 0 Å². The molecular weight excluding hydrogens is 316 g/mol. The highest BCUT2D eigenvalue weighted by atomic mass is 79.9. The number of piperidine rings is 1. The Hall–Kier alpha value is -1.05. The van der Waals surface area contributed by atoms with Crippen molar-refractivity contribution in [1.29, 1.82) is 5.26 Å². The largest absolute Gasteiger partial charge is 0.323 e. The third-order valence-corrected chi connectivity index (χ3v) is 4.39. The summed E-state index contributed by atoms with van der Waals surface area (Å²) in [5, 5.41) is 9.50. The first-order valence-corrected chi connectivity index (χ1v) is 6.97. The number of likely N-dealkylation sites (tertiary alicyclic amines) is 1. The number of benzene rings is 1. The fraction of sp³-hybridized carbons (Fsp3) is 0.385. The molecule has 1 atom stereocenters. The Balaban J connectivity index is 2.30. The lowest BCUT2D eigenvalue weighted by Crippen LogP contribution is -2.43. The van der Waals surface area contributed by atoms with Gasteiger partial charge in [0.1, 0.15) is 6.04 Å². The summed E-state index contributed by atoms with van der Waals surface area (Å²) >= 11 is 9.42. The average molecular weight is 328 g/mol. The summed E-state index contributed by atoms with van der Waals surface area (Å²) in [6, 6.07) is 7.11. The molecule has 94 valence electrons. The van der Waals surface area contributed by atoms with Crippen molar-refractivity contribution in [3.05, 3.63) is 33.3 Å². The predicted molar refractivity (Wildman–Crippen MR) is 73.4 cm³/mol. The molecule has 0 saturated carbocycles. The number of hydrogen-bond acceptors (Lipinski definition) is 2. The minimum absolute atomic E-state index is 0.160. The molecule has 1 fully saturated rings. The second-order valence-corrected chi connectivity index (χ2v) is 5.47. The van der Waals surface area contributed by atoms with Crippen molar-refractivity contribution >= 4 is 33.4 Å². The van der Waals surface area contributed by atoms with Gasteiger partial charge in [-0.2, -0.15) is 5.26 Å². The summed E-state index contributed by atoms with van der Waals surface area (Å²) in [4.78, 5) is 14.0. The lowest BCUT2D eigenvalue weighted by Gasteiger charge is -2.31. The van der Waals surface area contributed by atoms with Crippen molar-refractivity contribution in [3.8, 4) is 6.07 Å². The van der Waals surface area contributed by atoms with Gasteiger partial charge in [-0.25, -0.2) is 0 Å². The van der Waals surface area contributed by atoms with Crippen LogP contribution < -0.4 is 0 Å². The maximum Gasteiger partial charge on any atom is 0.256 e. The Morgan fingerprint density at radius 1 is 1.50 bits per heavy atom. The van der Waals surface area contributed by atoms with Crippen LogP contribution in [0.2, 0.25) is 5.02 Å². The van der Waals surface area contributed by atoms with E-state index in [0.29, 0.717) is 21.6 Å². The monoisotopic (exact) mass is 326 g/mol. The van der Waals surface area contributed by atoms with Crippen LogP contribution in [0.4, 0.5) is 0 Å². The molecule has 0 bridgehead atoms. The van der Waals surface area contributed by atoms with E-state index in [0.717, 1.165) is 19.3 Å². The lowest BCUT2D eigenvalue weighted by atomic mass is 10.0. The molecule has 5 heteroatoms. The third kappa shape index (κ3) is 2.52. The molecular formula is C13H12BrClN2O. The molecule has 1 heterocycles. The summed E-state index contributed by atoms with van der Waals surface area (Å²) in [6.45, 7) is 0.625. The molecule has 1 aliphatic rings. The van der Waals surface area contributed by atoms with Gasteiger partial charge in [-0.05, 0) is 47.3 Å². The topological polar surface area (TPSA) is 44.1 Å². The number of carbonyl (C=O) groups excluding carboxylic acids is 1. The van der Waals surface area contributed by atoms with Crippen LogP contribution in [0.1, 0.15) is 29.6 Å². The maximum atomic E-state index is 12.4. The molecule has 1 aliphatic heterocycles. The number of halogens is 2. The number of nitrogens with zero attached hydrogens (tertiary/aromatic N) is 2. The van der Waals surface area contributed by atoms with Crippen molar-refractivity contribution in [1.82, 2.24) is 4.90 Å². The molecule has 0 radical (unpaired) electrons. The molecule has 1 aromatic rings. The number of hydrogen-bond donors (Lipinski definition) is 0. The Morgan fingerprint density at radius 3 is 3.00 bits per heavy atom. The number of amides is 1. The molecule has 0 spiro atoms. The van der Waals surface area contributed by atoms with Gasteiger partial charge in [-0.3, -0.25) is 4.79 Å². The highest BCUT2D eigenvalue weighted by Gasteiger charge is 2.28. The van der Waals surface area contributed by atoms with Crippen molar-refractivity contribution in [3.63, 3.8) is 0 Å². The molecule has 18 heavy (non-hydrogen) atoms. The standard InChI is InChI=1S/C13H12BrClN2O/c14-11-6-3-5-10(12(11)15)13(18)17-7-2-1-4-9(17)8-16/h3,5-6,9H,1-2,4,7H2. The van der Waals surface area contributed by atoms with Crippen LogP contribution >= 0.6 is 27.5 Å². The zero-order chi connectivity index (χ0) is 13.1. The fourth-order valence-electron chi connectivity index (χ4n) is 2.13. The normalized spacial score (nSPS) is 19.4. The molecule has 0 aliphatic carbocycles. The van der Waals surface area contributed by atoms with Gasteiger partial charge >= 0.3 is 0 Å². The first-order valence-electron chi connectivity index (χ1n) is 5.79. The second-order valence-electron chi connectivity index (χ2n) is 4.24. The van der Waals surface area contributed by atoms with Crippen molar-refractivity contribution in [2.24, 2.45) is 0 Å². The minimum atomic E-state index is -0.332. The lowest BCUT2D eigenvalue weighted by molar-refractivity contribution is 0.0670. The number of carbonyl (C=O) groups is 1. The molecule has 0 aromatic heterocycles. The van der Waals surface area contributed by atoms with E-state index in [-0.39, 0.29) is 11.9 Å². The van der Waals surface area contributed by atoms with Gasteiger partial charge in [0.2, 0.25) is 0 Å². The van der Waals surface area contributed by atoms with Gasteiger partial charge in [0.15, 0.2) is 0 Å². The van der Waals surface area contributed by atoms with Crippen LogP contribution in [0.15, 0.2) is 22.7 Å². The Morgan fingerprint density at radius 2 is 2.28 bits per heavy atom. The predicted octanol–water partition coefficient (Wildman–Crippen LogP) is 3.62. The smallest absolute Gasteiger partial charge is 0.256 e. The zero-order valence-corrected chi connectivity index (χ0v) is 12.0. The molecule has 0 N–H and O–H groups in total. The van der Waals surface area contributed by atoms with Crippen molar-refractivity contribution in [2.45, 2.75) is 25.3 Å². The van der Waals surface area contributed by atoms with E-state index in [1.165, 1.54) is 0 Å². The van der Waals surface area contributed by atoms with Gasteiger partial charge in [0.25, 0.3) is 5.91 Å². The highest BCUT2D eigenvalue weighted by molar-refractivity contribution is 9.10. The quantitative estimate of drug-likeness (QED) is 0.790. The van der Waals surface area contributed by atoms with E-state index in [1.807, 2.05) is 0 Å². The van der Waals surface area contributed by atoms with Gasteiger partial charge in [0.05, 0.1) is 16.7 Å². The van der Waals surface area contributed by atoms with Crippen LogP contribution in [-0.2, 0) is 0 Å². The maximum absolute atomic E-state index is 12.4. The Bertz CT molecular complexity index is 512. The van der Waals surface area contributed by atoms with Crippen LogP contribution in [0.3, 0.4) is 0 Å². The summed E-state index contributed by atoms with van der Waals surface area (Å²) in [7, 11) is 0. The SMILES string of the molecule is N#CC1CCCCN1C(=O)c1cccc(Br)c1Cl. The first-order chi connectivity index (χ1) is 8.65. The van der Waals surface area contributed by atoms with Gasteiger partial charge in [-0.15, -0.1) is 0 Å². The Kier molecular flexibility index (Phi) is 4.26. The molecule has 1 saturated heterocycles. The molecule has 1 aromatic carbocycles. The van der Waals surface area contributed by atoms with Crippen molar-refractivity contribution in [2.75, 3.05) is 6.54 Å². The average Bonchev–Trinajstić information content (AvgIpc) is 2.41. The zero-order valence-electron chi connectivity index (χ0n) is 9.70.